The zero-order chi connectivity index (χ0) is 14.8. The number of rotatable bonds is 4. The van der Waals surface area contributed by atoms with Crippen LogP contribution in [0, 0.1) is 0 Å². The highest BCUT2D eigenvalue weighted by Gasteiger charge is 2.32. The van der Waals surface area contributed by atoms with Gasteiger partial charge < -0.3 is 10.5 Å². The number of thiazole rings is 1. The number of ether oxygens (including phenoxy) is 1. The Morgan fingerprint density at radius 2 is 2.05 bits per heavy atom. The Morgan fingerprint density at radius 1 is 1.35 bits per heavy atom. The van der Waals surface area contributed by atoms with Gasteiger partial charge in [0.25, 0.3) is 0 Å². The number of para-hydroxylation sites is 1. The lowest BCUT2D eigenvalue weighted by atomic mass is 10.1. The summed E-state index contributed by atoms with van der Waals surface area (Å²) < 4.78 is 40.6. The summed E-state index contributed by atoms with van der Waals surface area (Å²) in [5.41, 5.74) is 5.70. The second-order valence-electron chi connectivity index (χ2n) is 3.82. The third-order valence-electron chi connectivity index (χ3n) is 2.32. The normalized spacial score (nSPS) is 11.3. The fraction of sp³-hybridized carbons (Fsp3) is 0.167. The van der Waals surface area contributed by atoms with Gasteiger partial charge in [0, 0.05) is 5.38 Å². The van der Waals surface area contributed by atoms with Crippen molar-refractivity contribution in [3.63, 3.8) is 0 Å². The topological polar surface area (TPSA) is 65.2 Å². The van der Waals surface area contributed by atoms with Gasteiger partial charge in [0.1, 0.15) is 5.75 Å². The first-order valence-corrected chi connectivity index (χ1v) is 6.31. The second kappa shape index (κ2) is 5.49. The second-order valence-corrected chi connectivity index (χ2v) is 4.71. The zero-order valence-electron chi connectivity index (χ0n) is 9.98. The number of hydrogen-bond acceptors (Lipinski definition) is 5. The van der Waals surface area contributed by atoms with E-state index in [-0.39, 0.29) is 12.0 Å². The summed E-state index contributed by atoms with van der Waals surface area (Å²) in [7, 11) is 0. The van der Waals surface area contributed by atoms with Gasteiger partial charge in [0.15, 0.2) is 10.9 Å². The molecule has 1 aromatic carbocycles. The summed E-state index contributed by atoms with van der Waals surface area (Å²) in [4.78, 5) is 15.9. The Labute approximate surface area is 116 Å². The number of carbonyl (C=O) groups excluding carboxylic acids is 1. The highest BCUT2D eigenvalue weighted by molar-refractivity contribution is 7.13. The minimum atomic E-state index is -4.85. The molecule has 0 amide bonds. The van der Waals surface area contributed by atoms with Gasteiger partial charge in [0.05, 0.1) is 17.7 Å². The van der Waals surface area contributed by atoms with Crippen molar-refractivity contribution >= 4 is 22.3 Å². The summed E-state index contributed by atoms with van der Waals surface area (Å²) in [5.74, 6) is -1.04. The number of nitrogens with two attached hydrogens (primary N) is 1. The fourth-order valence-electron chi connectivity index (χ4n) is 1.57. The highest BCUT2D eigenvalue weighted by Crippen LogP contribution is 2.27. The molecule has 20 heavy (non-hydrogen) atoms. The molecule has 0 unspecified atom stereocenters. The first kappa shape index (κ1) is 14.3. The Balaban J connectivity index is 2.21. The fourth-order valence-corrected chi connectivity index (χ4v) is 2.14. The summed E-state index contributed by atoms with van der Waals surface area (Å²) in [5, 5.41) is 1.88. The van der Waals surface area contributed by atoms with Crippen LogP contribution in [-0.2, 0) is 6.42 Å². The van der Waals surface area contributed by atoms with Crippen LogP contribution in [0.4, 0.5) is 18.3 Å². The van der Waals surface area contributed by atoms with E-state index in [9.17, 15) is 18.0 Å². The molecule has 0 saturated carbocycles. The zero-order valence-corrected chi connectivity index (χ0v) is 10.8. The molecule has 1 aromatic heterocycles. The summed E-state index contributed by atoms with van der Waals surface area (Å²) in [6.07, 6.45) is -4.98. The van der Waals surface area contributed by atoms with E-state index in [1.807, 2.05) is 0 Å². The van der Waals surface area contributed by atoms with E-state index >= 15 is 0 Å². The number of alkyl halides is 3. The maximum absolute atomic E-state index is 12.3. The van der Waals surface area contributed by atoms with Crippen LogP contribution >= 0.6 is 11.3 Å². The van der Waals surface area contributed by atoms with Crippen LogP contribution < -0.4 is 10.5 Å². The molecule has 0 bridgehead atoms. The van der Waals surface area contributed by atoms with Crippen molar-refractivity contribution in [3.05, 3.63) is 40.9 Å². The highest BCUT2D eigenvalue weighted by atomic mass is 32.1. The van der Waals surface area contributed by atoms with Crippen molar-refractivity contribution in [2.45, 2.75) is 12.8 Å². The number of carbonyl (C=O) groups is 1. The molecule has 2 rings (SSSR count). The Kier molecular flexibility index (Phi) is 3.93. The number of nitrogens with zero attached hydrogens (tertiary/aromatic N) is 1. The predicted octanol–water partition coefficient (Wildman–Crippen LogP) is 3.05. The third kappa shape index (κ3) is 3.70. The number of Topliss-reactive ketones (excluding diaryl/α,β-unsaturated/α-hetero) is 1. The van der Waals surface area contributed by atoms with E-state index in [4.69, 9.17) is 5.73 Å². The number of nitrogen functional groups attached to an aromatic ring is 1. The largest absolute Gasteiger partial charge is 0.573 e. The van der Waals surface area contributed by atoms with E-state index in [1.54, 1.807) is 5.38 Å². The molecule has 0 fully saturated rings. The first-order chi connectivity index (χ1) is 9.35. The van der Waals surface area contributed by atoms with Gasteiger partial charge in [-0.25, -0.2) is 4.98 Å². The monoisotopic (exact) mass is 302 g/mol. The molecule has 0 atom stereocenters. The van der Waals surface area contributed by atoms with Crippen LogP contribution in [0.3, 0.4) is 0 Å². The summed E-state index contributed by atoms with van der Waals surface area (Å²) in [6.45, 7) is 0. The van der Waals surface area contributed by atoms with Crippen molar-refractivity contribution in [1.82, 2.24) is 4.98 Å². The lowest BCUT2D eigenvalue weighted by Crippen LogP contribution is -2.19. The number of aromatic nitrogens is 1. The average molecular weight is 302 g/mol. The number of ketones is 1. The molecule has 1 heterocycles. The molecule has 0 aliphatic heterocycles. The van der Waals surface area contributed by atoms with Gasteiger partial charge in [0.2, 0.25) is 0 Å². The lowest BCUT2D eigenvalue weighted by Gasteiger charge is -2.12. The maximum atomic E-state index is 12.3. The van der Waals surface area contributed by atoms with Crippen molar-refractivity contribution in [2.75, 3.05) is 5.73 Å². The lowest BCUT2D eigenvalue weighted by molar-refractivity contribution is -0.274. The quantitative estimate of drug-likeness (QED) is 0.882. The van der Waals surface area contributed by atoms with E-state index in [0.717, 1.165) is 17.4 Å². The smallest absolute Gasteiger partial charge is 0.405 e. The number of halogens is 3. The molecular formula is C12H9F3N2O2S. The van der Waals surface area contributed by atoms with Crippen molar-refractivity contribution in [2.24, 2.45) is 0 Å². The Morgan fingerprint density at radius 3 is 2.65 bits per heavy atom. The van der Waals surface area contributed by atoms with Crippen LogP contribution in [0.2, 0.25) is 0 Å². The number of hydrogen-bond donors (Lipinski definition) is 1. The predicted molar refractivity (Wildman–Crippen MR) is 67.7 cm³/mol. The van der Waals surface area contributed by atoms with Crippen LogP contribution in [0.1, 0.15) is 16.1 Å². The summed E-state index contributed by atoms with van der Waals surface area (Å²) >= 11 is 1.16. The van der Waals surface area contributed by atoms with Crippen molar-refractivity contribution < 1.29 is 22.7 Å². The van der Waals surface area contributed by atoms with Crippen molar-refractivity contribution in [3.8, 4) is 5.75 Å². The van der Waals surface area contributed by atoms with E-state index in [2.05, 4.69) is 9.72 Å². The first-order valence-electron chi connectivity index (χ1n) is 5.43. The maximum Gasteiger partial charge on any atom is 0.573 e. The minimum Gasteiger partial charge on any atom is -0.405 e. The molecule has 2 aromatic rings. The molecule has 4 nitrogen and oxygen atoms in total. The standard InChI is InChI=1S/C12H9F3N2O2S/c13-12(14,15)19-10-4-2-1-3-8(10)9(18)5-7-6-20-11(16)17-7/h1-4,6H,5H2,(H2,16,17). The van der Waals surface area contributed by atoms with Crippen molar-refractivity contribution in [1.29, 1.82) is 0 Å². The molecule has 0 aliphatic rings. The molecule has 8 heteroatoms. The third-order valence-corrected chi connectivity index (χ3v) is 3.05. The average Bonchev–Trinajstić information content (AvgIpc) is 2.73. The van der Waals surface area contributed by atoms with Gasteiger partial charge in [-0.15, -0.1) is 24.5 Å². The van der Waals surface area contributed by atoms with Gasteiger partial charge in [-0.1, -0.05) is 12.1 Å². The van der Waals surface area contributed by atoms with E-state index in [0.29, 0.717) is 10.8 Å². The van der Waals surface area contributed by atoms with Crippen LogP contribution in [-0.4, -0.2) is 17.1 Å². The molecular weight excluding hydrogens is 293 g/mol. The van der Waals surface area contributed by atoms with Gasteiger partial charge in [-0.05, 0) is 12.1 Å². The van der Waals surface area contributed by atoms with Crippen LogP contribution in [0.25, 0.3) is 0 Å². The van der Waals surface area contributed by atoms with Crippen LogP contribution in [0.5, 0.6) is 5.75 Å². The molecule has 0 radical (unpaired) electrons. The SMILES string of the molecule is Nc1nc(CC(=O)c2ccccc2OC(F)(F)F)cs1. The summed E-state index contributed by atoms with van der Waals surface area (Å²) in [6, 6.07) is 5.19. The number of anilines is 1. The van der Waals surface area contributed by atoms with Gasteiger partial charge >= 0.3 is 6.36 Å². The molecule has 106 valence electrons. The van der Waals surface area contributed by atoms with E-state index < -0.39 is 17.9 Å². The molecule has 0 aliphatic carbocycles. The minimum absolute atomic E-state index is 0.133. The molecule has 0 spiro atoms. The Hall–Kier alpha value is -2.09. The number of benzene rings is 1. The molecule has 0 saturated heterocycles. The molecule has 2 N–H and O–H groups in total. The Bertz CT molecular complexity index is 625. The van der Waals surface area contributed by atoms with E-state index in [1.165, 1.54) is 18.2 Å². The van der Waals surface area contributed by atoms with Crippen LogP contribution in [0.15, 0.2) is 29.6 Å². The van der Waals surface area contributed by atoms with Gasteiger partial charge in [-0.2, -0.15) is 0 Å². The van der Waals surface area contributed by atoms with Gasteiger partial charge in [-0.3, -0.25) is 4.79 Å².